The number of likely N-dealkylation sites (tertiary alicyclic amines) is 2. The van der Waals surface area contributed by atoms with E-state index in [-0.39, 0.29) is 12.4 Å². The van der Waals surface area contributed by atoms with Gasteiger partial charge in [-0.25, -0.2) is 4.98 Å². The number of nitrogens with two attached hydrogens (primary N) is 1. The Morgan fingerprint density at radius 1 is 1.14 bits per heavy atom. The van der Waals surface area contributed by atoms with Gasteiger partial charge in [0.15, 0.2) is 0 Å². The molecule has 29 heavy (non-hydrogen) atoms. The van der Waals surface area contributed by atoms with Gasteiger partial charge in [0.05, 0.1) is 5.02 Å². The molecule has 0 saturated carbocycles. The van der Waals surface area contributed by atoms with E-state index in [1.807, 2.05) is 29.2 Å². The summed E-state index contributed by atoms with van der Waals surface area (Å²) >= 11 is 6.04. The lowest BCUT2D eigenvalue weighted by atomic mass is 10.0. The molecule has 8 heteroatoms. The largest absolute Gasteiger partial charge is 0.483 e. The van der Waals surface area contributed by atoms with Gasteiger partial charge in [0.1, 0.15) is 5.82 Å². The molecule has 1 amide bonds. The minimum Gasteiger partial charge on any atom is -0.483 e. The normalized spacial score (nSPS) is 17.1. The van der Waals surface area contributed by atoms with Gasteiger partial charge in [-0.1, -0.05) is 30.2 Å². The number of benzene rings is 1. The second kappa shape index (κ2) is 9.71. The van der Waals surface area contributed by atoms with Crippen molar-refractivity contribution in [2.45, 2.75) is 25.3 Å². The lowest BCUT2D eigenvalue weighted by Gasteiger charge is -2.46. The summed E-state index contributed by atoms with van der Waals surface area (Å²) in [5, 5.41) is 7.33. The fourth-order valence-electron chi connectivity index (χ4n) is 3.73. The number of carbonyl (C=O) groups is 2. The summed E-state index contributed by atoms with van der Waals surface area (Å²) in [4.78, 5) is 29.6. The number of aromatic nitrogens is 1. The van der Waals surface area contributed by atoms with Gasteiger partial charge >= 0.3 is 0 Å². The highest BCUT2D eigenvalue weighted by Gasteiger charge is 2.35. The molecule has 154 valence electrons. The van der Waals surface area contributed by atoms with Crippen LogP contribution in [0.4, 0.5) is 5.82 Å². The number of pyridine rings is 1. The van der Waals surface area contributed by atoms with E-state index in [9.17, 15) is 4.79 Å². The second-order valence-corrected chi connectivity index (χ2v) is 7.64. The summed E-state index contributed by atoms with van der Waals surface area (Å²) in [5.74, 6) is 0.432. The van der Waals surface area contributed by atoms with Crippen LogP contribution in [-0.2, 0) is 4.79 Å². The maximum Gasteiger partial charge on any atom is 0.290 e. The number of piperidine rings is 1. The lowest BCUT2D eigenvalue weighted by Crippen LogP contribution is -2.61. The first kappa shape index (κ1) is 21.1. The van der Waals surface area contributed by atoms with E-state index < -0.39 is 0 Å². The molecule has 2 aliphatic rings. The van der Waals surface area contributed by atoms with Gasteiger partial charge < -0.3 is 15.7 Å². The van der Waals surface area contributed by atoms with Crippen molar-refractivity contribution >= 4 is 29.8 Å². The van der Waals surface area contributed by atoms with Gasteiger partial charge in [0.25, 0.3) is 12.4 Å². The number of hydrogen-bond donors (Lipinski definition) is 2. The van der Waals surface area contributed by atoms with Crippen LogP contribution < -0.4 is 5.73 Å². The molecule has 1 aromatic heterocycles. The molecule has 2 aromatic rings. The Balaban J connectivity index is 0.000000755. The van der Waals surface area contributed by atoms with E-state index >= 15 is 0 Å². The molecule has 0 unspecified atom stereocenters. The van der Waals surface area contributed by atoms with E-state index in [1.54, 1.807) is 12.3 Å². The van der Waals surface area contributed by atoms with Gasteiger partial charge in [-0.3, -0.25) is 14.5 Å². The molecule has 0 radical (unpaired) electrons. The molecule has 0 bridgehead atoms. The molecule has 1 aromatic carbocycles. The summed E-state index contributed by atoms with van der Waals surface area (Å²) < 4.78 is 0. The van der Waals surface area contributed by atoms with Crippen LogP contribution in [0, 0.1) is 0 Å². The van der Waals surface area contributed by atoms with Gasteiger partial charge in [0.2, 0.25) is 0 Å². The quantitative estimate of drug-likeness (QED) is 0.746. The van der Waals surface area contributed by atoms with Crippen molar-refractivity contribution in [1.29, 1.82) is 0 Å². The first-order valence-electron chi connectivity index (χ1n) is 9.66. The van der Waals surface area contributed by atoms with Gasteiger partial charge in [-0.2, -0.15) is 0 Å². The third-order valence-electron chi connectivity index (χ3n) is 5.39. The van der Waals surface area contributed by atoms with Crippen molar-refractivity contribution in [2.24, 2.45) is 0 Å². The Kier molecular flexibility index (Phi) is 7.06. The van der Waals surface area contributed by atoms with E-state index in [1.165, 1.54) is 32.4 Å². The maximum atomic E-state index is 12.7. The Morgan fingerprint density at radius 2 is 1.76 bits per heavy atom. The van der Waals surface area contributed by atoms with Crippen LogP contribution in [0.5, 0.6) is 0 Å². The SMILES string of the molecule is Nc1ncc(-c2ccc(C(=O)N3CC(N4CCCCC4)C3)cc2)cc1Cl.O=CO. The van der Waals surface area contributed by atoms with Crippen LogP contribution in [0.3, 0.4) is 0 Å². The Hall–Kier alpha value is -2.64. The van der Waals surface area contributed by atoms with Crippen molar-refractivity contribution in [3.8, 4) is 11.1 Å². The zero-order chi connectivity index (χ0) is 20.8. The number of halogens is 1. The summed E-state index contributed by atoms with van der Waals surface area (Å²) in [7, 11) is 0. The molecule has 4 rings (SSSR count). The van der Waals surface area contributed by atoms with Gasteiger partial charge in [0, 0.05) is 36.5 Å². The zero-order valence-electron chi connectivity index (χ0n) is 16.1. The smallest absolute Gasteiger partial charge is 0.290 e. The summed E-state index contributed by atoms with van der Waals surface area (Å²) in [6, 6.07) is 9.93. The van der Waals surface area contributed by atoms with Crippen molar-refractivity contribution in [2.75, 3.05) is 31.9 Å². The third-order valence-corrected chi connectivity index (χ3v) is 5.69. The van der Waals surface area contributed by atoms with Crippen molar-refractivity contribution < 1.29 is 14.7 Å². The highest BCUT2D eigenvalue weighted by Crippen LogP contribution is 2.26. The average molecular weight is 417 g/mol. The molecule has 7 nitrogen and oxygen atoms in total. The topological polar surface area (TPSA) is 99.8 Å². The molecule has 0 spiro atoms. The van der Waals surface area contributed by atoms with Crippen LogP contribution in [0.15, 0.2) is 36.5 Å². The van der Waals surface area contributed by atoms with Crippen molar-refractivity contribution in [1.82, 2.24) is 14.8 Å². The fourth-order valence-corrected chi connectivity index (χ4v) is 3.90. The number of amides is 1. The summed E-state index contributed by atoms with van der Waals surface area (Å²) in [5.41, 5.74) is 8.23. The molecule has 3 heterocycles. The Labute approximate surface area is 175 Å². The highest BCUT2D eigenvalue weighted by atomic mass is 35.5. The monoisotopic (exact) mass is 416 g/mol. The number of carbonyl (C=O) groups excluding carboxylic acids is 1. The first-order valence-corrected chi connectivity index (χ1v) is 10.0. The highest BCUT2D eigenvalue weighted by molar-refractivity contribution is 6.33. The molecule has 2 fully saturated rings. The van der Waals surface area contributed by atoms with Crippen LogP contribution in [-0.4, -0.2) is 64.5 Å². The van der Waals surface area contributed by atoms with E-state index in [0.717, 1.165) is 29.8 Å². The van der Waals surface area contributed by atoms with Crippen molar-refractivity contribution in [3.05, 3.63) is 47.1 Å². The Bertz CT molecular complexity index is 848. The first-order chi connectivity index (χ1) is 14.0. The average Bonchev–Trinajstić information content (AvgIpc) is 2.70. The van der Waals surface area contributed by atoms with Gasteiger partial charge in [-0.15, -0.1) is 0 Å². The minimum atomic E-state index is -0.250. The van der Waals surface area contributed by atoms with E-state index in [4.69, 9.17) is 27.2 Å². The number of nitrogens with zero attached hydrogens (tertiary/aromatic N) is 3. The molecular weight excluding hydrogens is 392 g/mol. The van der Waals surface area contributed by atoms with E-state index in [0.29, 0.717) is 16.9 Å². The lowest BCUT2D eigenvalue weighted by molar-refractivity contribution is -0.122. The fraction of sp³-hybridized carbons (Fsp3) is 0.381. The number of carboxylic acid groups (broad SMARTS) is 1. The second-order valence-electron chi connectivity index (χ2n) is 7.23. The van der Waals surface area contributed by atoms with Crippen LogP contribution in [0.25, 0.3) is 11.1 Å². The maximum absolute atomic E-state index is 12.7. The van der Waals surface area contributed by atoms with Crippen LogP contribution >= 0.6 is 11.6 Å². The molecule has 0 aliphatic carbocycles. The third kappa shape index (κ3) is 5.05. The molecule has 2 saturated heterocycles. The zero-order valence-corrected chi connectivity index (χ0v) is 16.9. The number of nitrogen functional groups attached to an aromatic ring is 1. The number of anilines is 1. The summed E-state index contributed by atoms with van der Waals surface area (Å²) in [6.45, 7) is 3.80. The predicted octanol–water partition coefficient (Wildman–Crippen LogP) is 3.00. The van der Waals surface area contributed by atoms with Crippen molar-refractivity contribution in [3.63, 3.8) is 0 Å². The standard InChI is InChI=1S/C20H23ClN4O.CH2O2/c21-18-10-16(11-23-19(18)22)14-4-6-15(7-5-14)20(26)25-12-17(13-25)24-8-2-1-3-9-24;2-1-3/h4-7,10-11,17H,1-3,8-9,12-13H2,(H2,22,23);1H,(H,2,3). The number of rotatable bonds is 3. The van der Waals surface area contributed by atoms with Crippen LogP contribution in [0.2, 0.25) is 5.02 Å². The molecule has 0 atom stereocenters. The van der Waals surface area contributed by atoms with Crippen LogP contribution in [0.1, 0.15) is 29.6 Å². The molecule has 2 aliphatic heterocycles. The molecule has 3 N–H and O–H groups in total. The molecular formula is C21H25ClN4O3. The number of hydrogen-bond acceptors (Lipinski definition) is 5. The predicted molar refractivity (Wildman–Crippen MR) is 113 cm³/mol. The van der Waals surface area contributed by atoms with E-state index in [2.05, 4.69) is 9.88 Å². The minimum absolute atomic E-state index is 0.110. The Morgan fingerprint density at radius 3 is 2.34 bits per heavy atom. The van der Waals surface area contributed by atoms with Gasteiger partial charge in [-0.05, 0) is 49.7 Å². The summed E-state index contributed by atoms with van der Waals surface area (Å²) in [6.07, 6.45) is 5.61.